The molecule has 5 nitrogen and oxygen atoms in total. The standard InChI is InChI=1S/C10H12F3NO4/c11-10(12,13)9(17)14-3-5-1-2-6(8(15)16)18-7(5)4-14/h5-7H,1-4H2,(H,15,16)/t5-,6-,7-/m0/s1. The minimum absolute atomic E-state index is 0.0185. The van der Waals surface area contributed by atoms with E-state index in [9.17, 15) is 22.8 Å². The van der Waals surface area contributed by atoms with E-state index in [0.717, 1.165) is 0 Å². The van der Waals surface area contributed by atoms with E-state index in [1.165, 1.54) is 0 Å². The zero-order valence-electron chi connectivity index (χ0n) is 9.31. The van der Waals surface area contributed by atoms with Gasteiger partial charge >= 0.3 is 18.1 Å². The number of rotatable bonds is 1. The molecule has 0 saturated carbocycles. The first-order valence-corrected chi connectivity index (χ1v) is 5.53. The summed E-state index contributed by atoms with van der Waals surface area (Å²) in [6, 6.07) is 0. The first-order chi connectivity index (χ1) is 8.29. The zero-order valence-corrected chi connectivity index (χ0v) is 9.31. The fourth-order valence-corrected chi connectivity index (χ4v) is 2.44. The van der Waals surface area contributed by atoms with Crippen molar-refractivity contribution in [3.63, 3.8) is 0 Å². The van der Waals surface area contributed by atoms with Crippen LogP contribution in [0.25, 0.3) is 0 Å². The predicted molar refractivity (Wildman–Crippen MR) is 51.7 cm³/mol. The second kappa shape index (κ2) is 4.42. The van der Waals surface area contributed by atoms with Crippen LogP contribution in [0.2, 0.25) is 0 Å². The second-order valence-corrected chi connectivity index (χ2v) is 4.55. The number of halogens is 3. The van der Waals surface area contributed by atoms with Gasteiger partial charge in [0, 0.05) is 19.0 Å². The van der Waals surface area contributed by atoms with Crippen molar-refractivity contribution in [1.29, 1.82) is 0 Å². The molecule has 0 aliphatic carbocycles. The number of fused-ring (bicyclic) bond motifs is 1. The van der Waals surface area contributed by atoms with Crippen molar-refractivity contribution in [2.75, 3.05) is 13.1 Å². The predicted octanol–water partition coefficient (Wildman–Crippen LogP) is 0.639. The largest absolute Gasteiger partial charge is 0.479 e. The van der Waals surface area contributed by atoms with E-state index in [4.69, 9.17) is 9.84 Å². The number of carboxylic acid groups (broad SMARTS) is 1. The number of carbonyl (C=O) groups excluding carboxylic acids is 1. The van der Waals surface area contributed by atoms with E-state index in [0.29, 0.717) is 11.3 Å². The molecule has 18 heavy (non-hydrogen) atoms. The molecule has 2 rings (SSSR count). The fourth-order valence-electron chi connectivity index (χ4n) is 2.44. The summed E-state index contributed by atoms with van der Waals surface area (Å²) in [6.07, 6.45) is -5.74. The Balaban J connectivity index is 2.00. The van der Waals surface area contributed by atoms with Gasteiger partial charge in [0.05, 0.1) is 6.10 Å². The molecule has 0 bridgehead atoms. The Labute approximate surface area is 100 Å². The summed E-state index contributed by atoms with van der Waals surface area (Å²) in [5, 5.41) is 8.78. The summed E-state index contributed by atoms with van der Waals surface area (Å²) >= 11 is 0. The molecule has 0 aromatic heterocycles. The van der Waals surface area contributed by atoms with Crippen LogP contribution >= 0.6 is 0 Å². The highest BCUT2D eigenvalue weighted by molar-refractivity contribution is 5.82. The van der Waals surface area contributed by atoms with Crippen molar-refractivity contribution < 1.29 is 32.6 Å². The van der Waals surface area contributed by atoms with Gasteiger partial charge in [-0.15, -0.1) is 0 Å². The van der Waals surface area contributed by atoms with Crippen LogP contribution in [0.15, 0.2) is 0 Å². The molecule has 2 aliphatic rings. The molecule has 2 heterocycles. The molecule has 2 aliphatic heterocycles. The Morgan fingerprint density at radius 1 is 1.22 bits per heavy atom. The SMILES string of the molecule is O=C(O)[C@@H]1CC[C@H]2CN(C(=O)C(F)(F)F)C[C@@H]2O1. The number of alkyl halides is 3. The van der Waals surface area contributed by atoms with Gasteiger partial charge in [0.25, 0.3) is 0 Å². The van der Waals surface area contributed by atoms with E-state index in [1.54, 1.807) is 0 Å². The number of likely N-dealkylation sites (tertiary alicyclic amines) is 1. The Morgan fingerprint density at radius 3 is 2.44 bits per heavy atom. The normalized spacial score (nSPS) is 32.2. The molecule has 2 saturated heterocycles. The maximum Gasteiger partial charge on any atom is 0.471 e. The van der Waals surface area contributed by atoms with E-state index in [2.05, 4.69) is 0 Å². The minimum Gasteiger partial charge on any atom is -0.479 e. The van der Waals surface area contributed by atoms with Crippen LogP contribution < -0.4 is 0 Å². The highest BCUT2D eigenvalue weighted by atomic mass is 19.4. The molecule has 0 spiro atoms. The lowest BCUT2D eigenvalue weighted by Gasteiger charge is -2.28. The summed E-state index contributed by atoms with van der Waals surface area (Å²) < 4.78 is 42.0. The quantitative estimate of drug-likeness (QED) is 0.757. The minimum atomic E-state index is -4.89. The number of hydrogen-bond donors (Lipinski definition) is 1. The lowest BCUT2D eigenvalue weighted by Crippen LogP contribution is -2.41. The fraction of sp³-hybridized carbons (Fsp3) is 0.800. The molecule has 0 unspecified atom stereocenters. The number of aliphatic carboxylic acids is 1. The van der Waals surface area contributed by atoms with E-state index in [1.807, 2.05) is 0 Å². The monoisotopic (exact) mass is 267 g/mol. The summed E-state index contributed by atoms with van der Waals surface area (Å²) in [7, 11) is 0. The number of carboxylic acids is 1. The van der Waals surface area contributed by atoms with Crippen LogP contribution in [0.3, 0.4) is 0 Å². The number of ether oxygens (including phenoxy) is 1. The zero-order chi connectivity index (χ0) is 13.5. The molecule has 0 aromatic rings. The molecule has 8 heteroatoms. The third-order valence-corrected chi connectivity index (χ3v) is 3.32. The molecule has 102 valence electrons. The average molecular weight is 267 g/mol. The van der Waals surface area contributed by atoms with Gasteiger partial charge in [-0.25, -0.2) is 4.79 Å². The van der Waals surface area contributed by atoms with Gasteiger partial charge in [-0.1, -0.05) is 0 Å². The lowest BCUT2D eigenvalue weighted by atomic mass is 9.94. The molecule has 3 atom stereocenters. The van der Waals surface area contributed by atoms with Gasteiger partial charge < -0.3 is 14.7 Å². The topological polar surface area (TPSA) is 66.8 Å². The molecular formula is C10H12F3NO4. The molecular weight excluding hydrogens is 255 g/mol. The van der Waals surface area contributed by atoms with Crippen LogP contribution in [-0.4, -0.2) is 53.4 Å². The van der Waals surface area contributed by atoms with E-state index in [-0.39, 0.29) is 25.4 Å². The van der Waals surface area contributed by atoms with Gasteiger partial charge in [-0.3, -0.25) is 4.79 Å². The maximum atomic E-state index is 12.3. The number of nitrogens with zero attached hydrogens (tertiary/aromatic N) is 1. The Bertz CT molecular complexity index is 371. The van der Waals surface area contributed by atoms with Gasteiger partial charge in [-0.2, -0.15) is 13.2 Å². The van der Waals surface area contributed by atoms with Crippen LogP contribution in [-0.2, 0) is 14.3 Å². The van der Waals surface area contributed by atoms with Gasteiger partial charge in [0.2, 0.25) is 0 Å². The smallest absolute Gasteiger partial charge is 0.471 e. The second-order valence-electron chi connectivity index (χ2n) is 4.55. The van der Waals surface area contributed by atoms with Crippen LogP contribution in [0.1, 0.15) is 12.8 Å². The Morgan fingerprint density at radius 2 is 1.89 bits per heavy atom. The van der Waals surface area contributed by atoms with Gasteiger partial charge in [-0.05, 0) is 12.8 Å². The van der Waals surface area contributed by atoms with E-state index < -0.39 is 30.3 Å². The summed E-state index contributed by atoms with van der Waals surface area (Å²) in [5.41, 5.74) is 0. The van der Waals surface area contributed by atoms with Crippen molar-refractivity contribution >= 4 is 11.9 Å². The Kier molecular flexibility index (Phi) is 3.22. The third kappa shape index (κ3) is 2.43. The number of carbonyl (C=O) groups is 2. The number of hydrogen-bond acceptors (Lipinski definition) is 3. The lowest BCUT2D eigenvalue weighted by molar-refractivity contribution is -0.185. The van der Waals surface area contributed by atoms with Crippen molar-refractivity contribution in [2.45, 2.75) is 31.2 Å². The van der Waals surface area contributed by atoms with Crippen molar-refractivity contribution in [3.8, 4) is 0 Å². The van der Waals surface area contributed by atoms with Gasteiger partial charge in [0.1, 0.15) is 0 Å². The average Bonchev–Trinajstić information content (AvgIpc) is 2.68. The third-order valence-electron chi connectivity index (χ3n) is 3.32. The Hall–Kier alpha value is -1.31. The maximum absolute atomic E-state index is 12.3. The number of amides is 1. The van der Waals surface area contributed by atoms with Crippen molar-refractivity contribution in [1.82, 2.24) is 4.90 Å². The van der Waals surface area contributed by atoms with Crippen molar-refractivity contribution in [2.24, 2.45) is 5.92 Å². The summed E-state index contributed by atoms with van der Waals surface area (Å²) in [4.78, 5) is 22.5. The van der Waals surface area contributed by atoms with Crippen LogP contribution in [0, 0.1) is 5.92 Å². The summed E-state index contributed by atoms with van der Waals surface area (Å²) in [6.45, 7) is -0.206. The van der Waals surface area contributed by atoms with Crippen LogP contribution in [0.4, 0.5) is 13.2 Å². The van der Waals surface area contributed by atoms with Gasteiger partial charge in [0.15, 0.2) is 6.10 Å². The molecule has 0 radical (unpaired) electrons. The first kappa shape index (κ1) is 13.1. The van der Waals surface area contributed by atoms with E-state index >= 15 is 0 Å². The first-order valence-electron chi connectivity index (χ1n) is 5.53. The highest BCUT2D eigenvalue weighted by Gasteiger charge is 2.49. The molecule has 0 aromatic carbocycles. The van der Waals surface area contributed by atoms with Crippen molar-refractivity contribution in [3.05, 3.63) is 0 Å². The highest BCUT2D eigenvalue weighted by Crippen LogP contribution is 2.33. The molecule has 2 fully saturated rings. The molecule has 1 N–H and O–H groups in total. The molecule has 1 amide bonds. The van der Waals surface area contributed by atoms with Crippen LogP contribution in [0.5, 0.6) is 0 Å². The summed E-state index contributed by atoms with van der Waals surface area (Å²) in [5.74, 6) is -3.20.